The summed E-state index contributed by atoms with van der Waals surface area (Å²) in [5.74, 6) is 0. The third kappa shape index (κ3) is 2.59. The molecule has 15 heavy (non-hydrogen) atoms. The van der Waals surface area contributed by atoms with Gasteiger partial charge in [0, 0.05) is 0 Å². The van der Waals surface area contributed by atoms with Crippen LogP contribution in [0.15, 0.2) is 59.3 Å². The van der Waals surface area contributed by atoms with Crippen molar-refractivity contribution in [3.8, 4) is 0 Å². The lowest BCUT2D eigenvalue weighted by atomic mass is 10.0. The quantitative estimate of drug-likeness (QED) is 0.615. The van der Waals surface area contributed by atoms with Crippen molar-refractivity contribution in [3.63, 3.8) is 0 Å². The highest BCUT2D eigenvalue weighted by Crippen LogP contribution is 2.34. The van der Waals surface area contributed by atoms with Crippen molar-refractivity contribution in [1.29, 1.82) is 0 Å². The fraction of sp³-hybridized carbons (Fsp3) is 0.333. The van der Waals surface area contributed by atoms with Crippen LogP contribution in [-0.4, -0.2) is 0 Å². The van der Waals surface area contributed by atoms with E-state index in [0.29, 0.717) is 0 Å². The molecule has 1 aliphatic rings. The van der Waals surface area contributed by atoms with Gasteiger partial charge in [0.15, 0.2) is 0 Å². The maximum Gasteiger partial charge on any atom is -0.00547 e. The first-order chi connectivity index (χ1) is 7.24. The maximum atomic E-state index is 3.88. The van der Waals surface area contributed by atoms with Gasteiger partial charge < -0.3 is 0 Å². The zero-order chi connectivity index (χ0) is 11.3. The molecule has 0 saturated carbocycles. The number of hydrogen-bond donors (Lipinski definition) is 0. The van der Waals surface area contributed by atoms with Gasteiger partial charge in [0.2, 0.25) is 0 Å². The lowest BCUT2D eigenvalue weighted by molar-refractivity contribution is 1.18. The molecule has 0 aliphatic heterocycles. The van der Waals surface area contributed by atoms with Gasteiger partial charge in [-0.15, -0.1) is 0 Å². The second-order valence-corrected chi connectivity index (χ2v) is 3.82. The third-order valence-corrected chi connectivity index (χ3v) is 2.65. The third-order valence-electron chi connectivity index (χ3n) is 2.65. The number of rotatable bonds is 4. The van der Waals surface area contributed by atoms with Crippen LogP contribution in [0.1, 0.15) is 33.6 Å². The Bertz CT molecular complexity index is 359. The van der Waals surface area contributed by atoms with Gasteiger partial charge in [0.1, 0.15) is 0 Å². The van der Waals surface area contributed by atoms with Crippen LogP contribution in [0.5, 0.6) is 0 Å². The molecule has 1 aliphatic carbocycles. The minimum absolute atomic E-state index is 1.05. The summed E-state index contributed by atoms with van der Waals surface area (Å²) in [5.41, 5.74) is 5.52. The highest BCUT2D eigenvalue weighted by atomic mass is 14.2. The Morgan fingerprint density at radius 1 is 1.27 bits per heavy atom. The Morgan fingerprint density at radius 3 is 2.53 bits per heavy atom. The fourth-order valence-corrected chi connectivity index (χ4v) is 1.89. The predicted octanol–water partition coefficient (Wildman–Crippen LogP) is 4.73. The van der Waals surface area contributed by atoms with Crippen LogP contribution in [0.3, 0.4) is 0 Å². The lowest BCUT2D eigenvalue weighted by Gasteiger charge is -2.01. The minimum Gasteiger partial charge on any atom is -0.0988 e. The molecule has 0 aromatic heterocycles. The molecule has 1 rings (SSSR count). The average Bonchev–Trinajstić information content (AvgIpc) is 2.53. The SMILES string of the molecule is C=CC1=C(/C=C\C)C(/C=C\CC)=C(C)C1. The van der Waals surface area contributed by atoms with E-state index in [-0.39, 0.29) is 0 Å². The van der Waals surface area contributed by atoms with Crippen molar-refractivity contribution in [2.45, 2.75) is 33.6 Å². The number of allylic oxidation sites excluding steroid dienone is 9. The molecule has 0 N–H and O–H groups in total. The molecule has 0 bridgehead atoms. The molecule has 0 unspecified atom stereocenters. The van der Waals surface area contributed by atoms with Gasteiger partial charge in [-0.05, 0) is 43.4 Å². The molecular weight excluding hydrogens is 180 g/mol. The van der Waals surface area contributed by atoms with Crippen LogP contribution in [0, 0.1) is 0 Å². The van der Waals surface area contributed by atoms with Crippen LogP contribution in [0.2, 0.25) is 0 Å². The minimum atomic E-state index is 1.05. The Hall–Kier alpha value is -1.30. The van der Waals surface area contributed by atoms with E-state index in [4.69, 9.17) is 0 Å². The van der Waals surface area contributed by atoms with E-state index in [1.54, 1.807) is 0 Å². The van der Waals surface area contributed by atoms with E-state index in [1.807, 2.05) is 6.08 Å². The summed E-state index contributed by atoms with van der Waals surface area (Å²) in [7, 11) is 0. The Labute approximate surface area is 93.4 Å². The summed E-state index contributed by atoms with van der Waals surface area (Å²) in [5, 5.41) is 0. The van der Waals surface area contributed by atoms with Gasteiger partial charge in [-0.2, -0.15) is 0 Å². The second kappa shape index (κ2) is 5.55. The van der Waals surface area contributed by atoms with Crippen LogP contribution < -0.4 is 0 Å². The first-order valence-corrected chi connectivity index (χ1v) is 5.59. The molecule has 0 saturated heterocycles. The van der Waals surface area contributed by atoms with Crippen molar-refractivity contribution in [3.05, 3.63) is 59.3 Å². The van der Waals surface area contributed by atoms with Crippen LogP contribution in [0.25, 0.3) is 0 Å². The molecule has 0 heteroatoms. The molecule has 0 aromatic rings. The summed E-state index contributed by atoms with van der Waals surface area (Å²) in [6.07, 6.45) is 12.8. The van der Waals surface area contributed by atoms with E-state index in [1.165, 1.54) is 22.3 Å². The molecule has 0 spiro atoms. The van der Waals surface area contributed by atoms with Crippen LogP contribution >= 0.6 is 0 Å². The van der Waals surface area contributed by atoms with Gasteiger partial charge in [0.05, 0.1) is 0 Å². The zero-order valence-electron chi connectivity index (χ0n) is 10.0. The molecule has 0 radical (unpaired) electrons. The average molecular weight is 200 g/mol. The molecule has 0 heterocycles. The van der Waals surface area contributed by atoms with E-state index in [0.717, 1.165) is 12.8 Å². The Kier molecular flexibility index (Phi) is 4.36. The topological polar surface area (TPSA) is 0 Å². The molecule has 0 atom stereocenters. The number of hydrogen-bond acceptors (Lipinski definition) is 0. The molecule has 80 valence electrons. The summed E-state index contributed by atoms with van der Waals surface area (Å²) in [4.78, 5) is 0. The second-order valence-electron chi connectivity index (χ2n) is 3.82. The van der Waals surface area contributed by atoms with Crippen molar-refractivity contribution < 1.29 is 0 Å². The highest BCUT2D eigenvalue weighted by molar-refractivity contribution is 5.59. The smallest absolute Gasteiger partial charge is 0.00547 e. The first kappa shape index (κ1) is 11.8. The van der Waals surface area contributed by atoms with Crippen molar-refractivity contribution >= 4 is 0 Å². The van der Waals surface area contributed by atoms with Gasteiger partial charge in [0.25, 0.3) is 0 Å². The maximum absolute atomic E-state index is 3.88. The summed E-state index contributed by atoms with van der Waals surface area (Å²) in [6.45, 7) is 10.3. The van der Waals surface area contributed by atoms with Crippen molar-refractivity contribution in [2.24, 2.45) is 0 Å². The van der Waals surface area contributed by atoms with E-state index < -0.39 is 0 Å². The highest BCUT2D eigenvalue weighted by Gasteiger charge is 2.15. The van der Waals surface area contributed by atoms with E-state index in [2.05, 4.69) is 51.7 Å². The first-order valence-electron chi connectivity index (χ1n) is 5.59. The summed E-state index contributed by atoms with van der Waals surface area (Å²) >= 11 is 0. The molecule has 0 nitrogen and oxygen atoms in total. The fourth-order valence-electron chi connectivity index (χ4n) is 1.89. The van der Waals surface area contributed by atoms with Crippen molar-refractivity contribution in [2.75, 3.05) is 0 Å². The van der Waals surface area contributed by atoms with Crippen molar-refractivity contribution in [1.82, 2.24) is 0 Å². The monoisotopic (exact) mass is 200 g/mol. The zero-order valence-corrected chi connectivity index (χ0v) is 10.0. The standard InChI is InChI=1S/C15H20/c1-5-8-10-14-12(4)11-13(7-3)15(14)9-6-2/h6-10H,3,5,11H2,1-2,4H3/b9-6-,10-8-. The Morgan fingerprint density at radius 2 is 2.00 bits per heavy atom. The van der Waals surface area contributed by atoms with Gasteiger partial charge in [-0.1, -0.05) is 49.5 Å². The molecule has 0 aromatic carbocycles. The predicted molar refractivity (Wildman–Crippen MR) is 68.8 cm³/mol. The van der Waals surface area contributed by atoms with Crippen LogP contribution in [-0.2, 0) is 0 Å². The Balaban J connectivity index is 3.10. The van der Waals surface area contributed by atoms with Gasteiger partial charge >= 0.3 is 0 Å². The van der Waals surface area contributed by atoms with Gasteiger partial charge in [-0.25, -0.2) is 0 Å². The molecule has 0 fully saturated rings. The van der Waals surface area contributed by atoms with E-state index >= 15 is 0 Å². The largest absolute Gasteiger partial charge is 0.0988 e. The lowest BCUT2D eigenvalue weighted by Crippen LogP contribution is -1.82. The molecular formula is C15H20. The molecule has 0 amide bonds. The summed E-state index contributed by atoms with van der Waals surface area (Å²) < 4.78 is 0. The normalized spacial score (nSPS) is 17.5. The summed E-state index contributed by atoms with van der Waals surface area (Å²) in [6, 6.07) is 0. The van der Waals surface area contributed by atoms with Crippen LogP contribution in [0.4, 0.5) is 0 Å². The van der Waals surface area contributed by atoms with Gasteiger partial charge in [-0.3, -0.25) is 0 Å². The van der Waals surface area contributed by atoms with E-state index in [9.17, 15) is 0 Å².